The van der Waals surface area contributed by atoms with Gasteiger partial charge in [0, 0.05) is 11.3 Å². The van der Waals surface area contributed by atoms with Crippen molar-refractivity contribution in [3.8, 4) is 17.1 Å². The van der Waals surface area contributed by atoms with Gasteiger partial charge in [0.2, 0.25) is 0 Å². The molecule has 0 unspecified atom stereocenters. The third-order valence-corrected chi connectivity index (χ3v) is 3.53. The molecule has 0 aliphatic rings. The lowest BCUT2D eigenvalue weighted by Gasteiger charge is -2.09. The second kappa shape index (κ2) is 5.57. The number of hydrogen-bond acceptors (Lipinski definition) is 4. The van der Waals surface area contributed by atoms with Gasteiger partial charge in [0.1, 0.15) is 0 Å². The summed E-state index contributed by atoms with van der Waals surface area (Å²) in [7, 11) is 0. The fourth-order valence-corrected chi connectivity index (χ4v) is 2.50. The molecular formula is C15H15N5S. The lowest BCUT2D eigenvalue weighted by atomic mass is 10.1. The Balaban J connectivity index is 2.26. The van der Waals surface area contributed by atoms with Gasteiger partial charge in [-0.1, -0.05) is 25.1 Å². The van der Waals surface area contributed by atoms with Gasteiger partial charge in [0.25, 0.3) is 0 Å². The van der Waals surface area contributed by atoms with Gasteiger partial charge in [-0.15, -0.1) is 0 Å². The van der Waals surface area contributed by atoms with Crippen LogP contribution >= 0.6 is 12.2 Å². The summed E-state index contributed by atoms with van der Waals surface area (Å²) < 4.78 is 2.48. The Hall–Kier alpha value is -2.34. The van der Waals surface area contributed by atoms with Gasteiger partial charge in [-0.05, 0) is 43.8 Å². The molecule has 0 saturated carbocycles. The average Bonchev–Trinajstić information content (AvgIpc) is 2.89. The highest BCUT2D eigenvalue weighted by Gasteiger charge is 2.15. The molecular weight excluding hydrogens is 282 g/mol. The summed E-state index contributed by atoms with van der Waals surface area (Å²) in [5, 5.41) is 15.7. The van der Waals surface area contributed by atoms with Crippen LogP contribution in [0.25, 0.3) is 17.1 Å². The van der Waals surface area contributed by atoms with Crippen LogP contribution in [0.1, 0.15) is 18.3 Å². The van der Waals surface area contributed by atoms with Crippen LogP contribution in [0.3, 0.4) is 0 Å². The first kappa shape index (κ1) is 13.6. The van der Waals surface area contributed by atoms with E-state index in [1.54, 1.807) is 0 Å². The highest BCUT2D eigenvalue weighted by molar-refractivity contribution is 7.71. The molecule has 0 aliphatic carbocycles. The Labute approximate surface area is 127 Å². The molecule has 0 atom stereocenters. The smallest absolute Gasteiger partial charge is 0.200 e. The number of nitrogens with one attached hydrogen (secondary N) is 1. The molecule has 0 saturated heterocycles. The molecule has 0 aliphatic heterocycles. The summed E-state index contributed by atoms with van der Waals surface area (Å²) in [6.45, 7) is 3.97. The van der Waals surface area contributed by atoms with Crippen molar-refractivity contribution in [2.75, 3.05) is 0 Å². The van der Waals surface area contributed by atoms with E-state index in [1.165, 1.54) is 0 Å². The number of aromatic nitrogens is 5. The number of rotatable bonds is 3. The number of hydrogen-bond donors (Lipinski definition) is 1. The molecule has 21 heavy (non-hydrogen) atoms. The van der Waals surface area contributed by atoms with Crippen molar-refractivity contribution < 1.29 is 0 Å². The molecule has 1 aromatic carbocycles. The van der Waals surface area contributed by atoms with Crippen molar-refractivity contribution in [2.45, 2.75) is 20.3 Å². The standard InChI is InChI=1S/C15H15N5S/c1-3-13-12(9-10(2)16-17-13)14-18-19-15(21)20(14)11-7-5-4-6-8-11/h4-9H,3H2,1-2H3,(H,19,21). The fraction of sp³-hybridized carbons (Fsp3) is 0.200. The van der Waals surface area contributed by atoms with Crippen LogP contribution in [0, 0.1) is 11.7 Å². The Morgan fingerprint density at radius 1 is 1.19 bits per heavy atom. The fourth-order valence-electron chi connectivity index (χ4n) is 2.26. The quantitative estimate of drug-likeness (QED) is 0.754. The lowest BCUT2D eigenvalue weighted by Crippen LogP contribution is -2.03. The van der Waals surface area contributed by atoms with E-state index in [0.717, 1.165) is 34.9 Å². The number of aryl methyl sites for hydroxylation is 2. The molecule has 0 bridgehead atoms. The zero-order valence-corrected chi connectivity index (χ0v) is 12.7. The van der Waals surface area contributed by atoms with Crippen LogP contribution in [-0.4, -0.2) is 25.0 Å². The maximum absolute atomic E-state index is 5.38. The zero-order valence-electron chi connectivity index (χ0n) is 11.9. The van der Waals surface area contributed by atoms with Gasteiger partial charge >= 0.3 is 0 Å². The first-order chi connectivity index (χ1) is 10.2. The van der Waals surface area contributed by atoms with Gasteiger partial charge in [-0.3, -0.25) is 9.67 Å². The first-order valence-corrected chi connectivity index (χ1v) is 7.18. The van der Waals surface area contributed by atoms with Crippen molar-refractivity contribution >= 4 is 12.2 Å². The maximum atomic E-state index is 5.38. The lowest BCUT2D eigenvalue weighted by molar-refractivity contribution is 0.888. The molecule has 5 nitrogen and oxygen atoms in total. The Bertz CT molecular complexity index is 820. The molecule has 6 heteroatoms. The molecule has 3 rings (SSSR count). The van der Waals surface area contributed by atoms with E-state index in [1.807, 2.05) is 47.9 Å². The highest BCUT2D eigenvalue weighted by atomic mass is 32.1. The summed E-state index contributed by atoms with van der Waals surface area (Å²) >= 11 is 5.38. The van der Waals surface area contributed by atoms with E-state index in [9.17, 15) is 0 Å². The van der Waals surface area contributed by atoms with Crippen LogP contribution in [0.2, 0.25) is 0 Å². The number of H-pyrrole nitrogens is 1. The van der Waals surface area contributed by atoms with Crippen molar-refractivity contribution in [2.24, 2.45) is 0 Å². The van der Waals surface area contributed by atoms with Crippen molar-refractivity contribution in [3.05, 3.63) is 52.6 Å². The van der Waals surface area contributed by atoms with E-state index in [-0.39, 0.29) is 0 Å². The van der Waals surface area contributed by atoms with Gasteiger partial charge in [0.05, 0.1) is 11.4 Å². The second-order valence-corrected chi connectivity index (χ2v) is 5.11. The van der Waals surface area contributed by atoms with E-state index < -0.39 is 0 Å². The number of aromatic amines is 1. The first-order valence-electron chi connectivity index (χ1n) is 6.77. The minimum absolute atomic E-state index is 0.563. The number of nitrogens with zero attached hydrogens (tertiary/aromatic N) is 4. The average molecular weight is 297 g/mol. The largest absolute Gasteiger partial charge is 0.268 e. The third kappa shape index (κ3) is 2.50. The van der Waals surface area contributed by atoms with Crippen LogP contribution in [0.15, 0.2) is 36.4 Å². The van der Waals surface area contributed by atoms with Gasteiger partial charge in [-0.2, -0.15) is 15.3 Å². The molecule has 0 spiro atoms. The zero-order chi connectivity index (χ0) is 14.8. The summed E-state index contributed by atoms with van der Waals surface area (Å²) in [4.78, 5) is 0. The van der Waals surface area contributed by atoms with Crippen LogP contribution in [-0.2, 0) is 6.42 Å². The summed E-state index contributed by atoms with van der Waals surface area (Å²) in [6.07, 6.45) is 0.789. The molecule has 106 valence electrons. The Morgan fingerprint density at radius 2 is 1.95 bits per heavy atom. The van der Waals surface area contributed by atoms with Gasteiger partial charge < -0.3 is 0 Å². The SMILES string of the molecule is CCc1nnc(C)cc1-c1n[nH]c(=S)n1-c1ccccc1. The minimum atomic E-state index is 0.563. The maximum Gasteiger partial charge on any atom is 0.200 e. The monoisotopic (exact) mass is 297 g/mol. The molecule has 2 aromatic heterocycles. The minimum Gasteiger partial charge on any atom is -0.268 e. The van der Waals surface area contributed by atoms with Crippen LogP contribution in [0.4, 0.5) is 0 Å². The number of benzene rings is 1. The van der Waals surface area contributed by atoms with Crippen LogP contribution < -0.4 is 0 Å². The molecule has 0 fully saturated rings. The molecule has 1 N–H and O–H groups in total. The van der Waals surface area contributed by atoms with E-state index >= 15 is 0 Å². The molecule has 0 radical (unpaired) electrons. The Kier molecular flexibility index (Phi) is 3.62. The predicted octanol–water partition coefficient (Wildman–Crippen LogP) is 3.26. The summed E-state index contributed by atoms with van der Waals surface area (Å²) in [5.41, 5.74) is 3.70. The third-order valence-electron chi connectivity index (χ3n) is 3.26. The second-order valence-electron chi connectivity index (χ2n) is 4.72. The van der Waals surface area contributed by atoms with Crippen molar-refractivity contribution in [3.63, 3.8) is 0 Å². The van der Waals surface area contributed by atoms with Gasteiger partial charge in [-0.25, -0.2) is 0 Å². The van der Waals surface area contributed by atoms with Crippen LogP contribution in [0.5, 0.6) is 0 Å². The molecule has 3 aromatic rings. The normalized spacial score (nSPS) is 10.8. The summed E-state index contributed by atoms with van der Waals surface area (Å²) in [5.74, 6) is 0.765. The highest BCUT2D eigenvalue weighted by Crippen LogP contribution is 2.24. The van der Waals surface area contributed by atoms with Gasteiger partial charge in [0.15, 0.2) is 10.6 Å². The van der Waals surface area contributed by atoms with E-state index in [0.29, 0.717) is 4.77 Å². The summed E-state index contributed by atoms with van der Waals surface area (Å²) in [6, 6.07) is 11.9. The van der Waals surface area contributed by atoms with E-state index in [2.05, 4.69) is 27.3 Å². The topological polar surface area (TPSA) is 59.4 Å². The van der Waals surface area contributed by atoms with Crippen molar-refractivity contribution in [1.29, 1.82) is 0 Å². The predicted molar refractivity (Wildman–Crippen MR) is 83.9 cm³/mol. The van der Waals surface area contributed by atoms with Crippen molar-refractivity contribution in [1.82, 2.24) is 25.0 Å². The molecule has 0 amide bonds. The molecule has 2 heterocycles. The number of para-hydroxylation sites is 1. The van der Waals surface area contributed by atoms with E-state index in [4.69, 9.17) is 12.2 Å². The Morgan fingerprint density at radius 3 is 2.67 bits per heavy atom.